The summed E-state index contributed by atoms with van der Waals surface area (Å²) in [5, 5.41) is 13.3. The first kappa shape index (κ1) is 22.3. The molecule has 0 saturated heterocycles. The summed E-state index contributed by atoms with van der Waals surface area (Å²) in [5.41, 5.74) is 2.97. The van der Waals surface area contributed by atoms with Gasteiger partial charge in [-0.3, -0.25) is 19.5 Å². The van der Waals surface area contributed by atoms with Crippen molar-refractivity contribution >= 4 is 41.5 Å². The Labute approximate surface area is 186 Å². The number of carbonyl (C=O) groups is 1. The van der Waals surface area contributed by atoms with E-state index in [0.29, 0.717) is 24.7 Å². The number of pyridine rings is 1. The molecule has 2 aromatic heterocycles. The second kappa shape index (κ2) is 11.8. The molecule has 8 nitrogen and oxygen atoms in total. The minimum absolute atomic E-state index is 0. The maximum absolute atomic E-state index is 12.0. The first-order valence-corrected chi connectivity index (χ1v) is 8.93. The molecular weight excluding hydrogens is 481 g/mol. The topological polar surface area (TPSA) is 96.2 Å². The number of nitrogens with one attached hydrogen (secondary N) is 3. The van der Waals surface area contributed by atoms with Crippen molar-refractivity contribution in [1.82, 2.24) is 25.4 Å². The van der Waals surface area contributed by atoms with Crippen molar-refractivity contribution in [3.05, 3.63) is 78.4 Å². The SMILES string of the molecule is CN=C(NCC(=O)Nc1cccnc1)NCc1ccccc1Cn1cccn1.I. The highest BCUT2D eigenvalue weighted by Crippen LogP contribution is 2.10. The number of hydrogen-bond acceptors (Lipinski definition) is 4. The van der Waals surface area contributed by atoms with Gasteiger partial charge in [0.1, 0.15) is 0 Å². The van der Waals surface area contributed by atoms with Gasteiger partial charge < -0.3 is 16.0 Å². The molecule has 2 heterocycles. The molecule has 0 atom stereocenters. The van der Waals surface area contributed by atoms with Crippen LogP contribution in [0.4, 0.5) is 5.69 Å². The van der Waals surface area contributed by atoms with Gasteiger partial charge in [-0.1, -0.05) is 24.3 Å². The largest absolute Gasteiger partial charge is 0.352 e. The third kappa shape index (κ3) is 7.18. The van der Waals surface area contributed by atoms with Gasteiger partial charge in [0.2, 0.25) is 5.91 Å². The molecule has 0 aliphatic rings. The van der Waals surface area contributed by atoms with Gasteiger partial charge in [0.25, 0.3) is 0 Å². The predicted octanol–water partition coefficient (Wildman–Crippen LogP) is 2.25. The molecule has 0 fully saturated rings. The van der Waals surface area contributed by atoms with Crippen LogP contribution in [0.3, 0.4) is 0 Å². The van der Waals surface area contributed by atoms with Crippen LogP contribution in [0.1, 0.15) is 11.1 Å². The first-order valence-electron chi connectivity index (χ1n) is 8.93. The summed E-state index contributed by atoms with van der Waals surface area (Å²) in [6.45, 7) is 1.38. The van der Waals surface area contributed by atoms with Gasteiger partial charge in [-0.15, -0.1) is 24.0 Å². The zero-order valence-corrected chi connectivity index (χ0v) is 18.4. The van der Waals surface area contributed by atoms with E-state index in [1.54, 1.807) is 37.8 Å². The van der Waals surface area contributed by atoms with Crippen LogP contribution in [-0.2, 0) is 17.9 Å². The zero-order chi connectivity index (χ0) is 19.6. The zero-order valence-electron chi connectivity index (χ0n) is 16.1. The smallest absolute Gasteiger partial charge is 0.243 e. The lowest BCUT2D eigenvalue weighted by molar-refractivity contribution is -0.115. The number of aliphatic imine (C=N–C) groups is 1. The average molecular weight is 505 g/mol. The predicted molar refractivity (Wildman–Crippen MR) is 124 cm³/mol. The fourth-order valence-corrected chi connectivity index (χ4v) is 2.66. The molecule has 29 heavy (non-hydrogen) atoms. The minimum Gasteiger partial charge on any atom is -0.352 e. The molecule has 0 saturated carbocycles. The first-order chi connectivity index (χ1) is 13.7. The number of amides is 1. The monoisotopic (exact) mass is 505 g/mol. The Morgan fingerprint density at radius 1 is 1.07 bits per heavy atom. The second-order valence-electron chi connectivity index (χ2n) is 6.04. The Kier molecular flexibility index (Phi) is 9.09. The van der Waals surface area contributed by atoms with Crippen LogP contribution in [0.5, 0.6) is 0 Å². The van der Waals surface area contributed by atoms with Crippen molar-refractivity contribution in [1.29, 1.82) is 0 Å². The highest BCUT2D eigenvalue weighted by molar-refractivity contribution is 14.0. The number of carbonyl (C=O) groups excluding carboxylic acids is 1. The molecule has 1 aromatic carbocycles. The summed E-state index contributed by atoms with van der Waals surface area (Å²) in [5.74, 6) is 0.380. The van der Waals surface area contributed by atoms with E-state index in [4.69, 9.17) is 0 Å². The van der Waals surface area contributed by atoms with Crippen LogP contribution < -0.4 is 16.0 Å². The summed E-state index contributed by atoms with van der Waals surface area (Å²) < 4.78 is 1.88. The van der Waals surface area contributed by atoms with Gasteiger partial charge in [-0.2, -0.15) is 5.10 Å². The molecule has 0 aliphatic heterocycles. The summed E-state index contributed by atoms with van der Waals surface area (Å²) in [6, 6.07) is 13.6. The summed E-state index contributed by atoms with van der Waals surface area (Å²) in [6.07, 6.45) is 6.96. The van der Waals surface area contributed by atoms with Crippen LogP contribution in [0.2, 0.25) is 0 Å². The number of nitrogens with zero attached hydrogens (tertiary/aromatic N) is 4. The highest BCUT2D eigenvalue weighted by Gasteiger charge is 2.07. The fourth-order valence-electron chi connectivity index (χ4n) is 2.66. The minimum atomic E-state index is -0.171. The lowest BCUT2D eigenvalue weighted by Gasteiger charge is -2.14. The maximum atomic E-state index is 12.0. The van der Waals surface area contributed by atoms with E-state index in [1.165, 1.54) is 5.56 Å². The number of halogens is 1. The molecule has 0 radical (unpaired) electrons. The number of rotatable bonds is 7. The van der Waals surface area contributed by atoms with Gasteiger partial charge in [-0.05, 0) is 29.3 Å². The Bertz CT molecular complexity index is 914. The van der Waals surface area contributed by atoms with E-state index >= 15 is 0 Å². The Morgan fingerprint density at radius 3 is 2.59 bits per heavy atom. The lowest BCUT2D eigenvalue weighted by Crippen LogP contribution is -2.41. The fraction of sp³-hybridized carbons (Fsp3) is 0.200. The number of benzene rings is 1. The van der Waals surface area contributed by atoms with E-state index in [0.717, 1.165) is 5.56 Å². The standard InChI is InChI=1S/C20H23N7O.HI/c1-21-20(24-14-19(28)26-18-8-4-9-22-13-18)23-12-16-6-2-3-7-17(16)15-27-11-5-10-25-27;/h2-11,13H,12,14-15H2,1H3,(H,26,28)(H2,21,23,24);1H. The molecular formula is C20H24IN7O. The van der Waals surface area contributed by atoms with Crippen molar-refractivity contribution in [2.45, 2.75) is 13.1 Å². The molecule has 152 valence electrons. The van der Waals surface area contributed by atoms with Crippen LogP contribution >= 0.6 is 24.0 Å². The van der Waals surface area contributed by atoms with Crippen molar-refractivity contribution in [3.63, 3.8) is 0 Å². The van der Waals surface area contributed by atoms with Crippen LogP contribution in [0.25, 0.3) is 0 Å². The van der Waals surface area contributed by atoms with Crippen LogP contribution in [0.15, 0.2) is 72.2 Å². The molecule has 0 bridgehead atoms. The quantitative estimate of drug-likeness (QED) is 0.260. The van der Waals surface area contributed by atoms with Gasteiger partial charge in [0.05, 0.1) is 25.0 Å². The van der Waals surface area contributed by atoms with Gasteiger partial charge in [0.15, 0.2) is 5.96 Å². The number of hydrogen-bond donors (Lipinski definition) is 3. The summed E-state index contributed by atoms with van der Waals surface area (Å²) in [4.78, 5) is 20.2. The van der Waals surface area contributed by atoms with E-state index in [1.807, 2.05) is 29.1 Å². The maximum Gasteiger partial charge on any atom is 0.243 e. The van der Waals surface area contributed by atoms with Crippen LogP contribution in [0, 0.1) is 0 Å². The Hall–Kier alpha value is -2.95. The summed E-state index contributed by atoms with van der Waals surface area (Å²) >= 11 is 0. The van der Waals surface area contributed by atoms with E-state index in [9.17, 15) is 4.79 Å². The van der Waals surface area contributed by atoms with Crippen molar-refractivity contribution in [2.75, 3.05) is 18.9 Å². The van der Waals surface area contributed by atoms with E-state index < -0.39 is 0 Å². The van der Waals surface area contributed by atoms with Crippen molar-refractivity contribution in [2.24, 2.45) is 4.99 Å². The lowest BCUT2D eigenvalue weighted by atomic mass is 10.1. The molecule has 3 N–H and O–H groups in total. The molecule has 1 amide bonds. The molecule has 0 unspecified atom stereocenters. The van der Waals surface area contributed by atoms with Crippen molar-refractivity contribution < 1.29 is 4.79 Å². The number of guanidine groups is 1. The second-order valence-corrected chi connectivity index (χ2v) is 6.04. The Balaban J connectivity index is 0.00000300. The highest BCUT2D eigenvalue weighted by atomic mass is 127. The van der Waals surface area contributed by atoms with E-state index in [2.05, 4.69) is 43.2 Å². The van der Waals surface area contributed by atoms with Crippen molar-refractivity contribution in [3.8, 4) is 0 Å². The third-order valence-corrected chi connectivity index (χ3v) is 4.04. The van der Waals surface area contributed by atoms with E-state index in [-0.39, 0.29) is 36.4 Å². The van der Waals surface area contributed by atoms with Gasteiger partial charge in [-0.25, -0.2) is 0 Å². The molecule has 0 spiro atoms. The summed E-state index contributed by atoms with van der Waals surface area (Å²) in [7, 11) is 1.67. The molecule has 9 heteroatoms. The third-order valence-electron chi connectivity index (χ3n) is 4.04. The van der Waals surface area contributed by atoms with Gasteiger partial charge >= 0.3 is 0 Å². The van der Waals surface area contributed by atoms with Gasteiger partial charge in [0, 0.05) is 32.2 Å². The number of aromatic nitrogens is 3. The molecule has 3 aromatic rings. The normalized spacial score (nSPS) is 10.7. The molecule has 3 rings (SSSR count). The Morgan fingerprint density at radius 2 is 1.90 bits per heavy atom. The molecule has 0 aliphatic carbocycles. The van der Waals surface area contributed by atoms with Crippen LogP contribution in [-0.4, -0.2) is 40.2 Å². The number of anilines is 1. The average Bonchev–Trinajstić information content (AvgIpc) is 3.23.